The predicted molar refractivity (Wildman–Crippen MR) is 67.5 cm³/mol. The molecule has 0 aliphatic rings. The van der Waals surface area contributed by atoms with E-state index in [0.29, 0.717) is 12.2 Å². The van der Waals surface area contributed by atoms with Crippen molar-refractivity contribution in [1.29, 1.82) is 0 Å². The van der Waals surface area contributed by atoms with Crippen molar-refractivity contribution in [2.75, 3.05) is 5.32 Å². The number of carboxylic acid groups (broad SMARTS) is 1. The van der Waals surface area contributed by atoms with Crippen LogP contribution in [0.5, 0.6) is 0 Å². The number of hydrogen-bond donors (Lipinski definition) is 2. The van der Waals surface area contributed by atoms with E-state index in [1.165, 1.54) is 12.3 Å². The van der Waals surface area contributed by atoms with Crippen molar-refractivity contribution < 1.29 is 9.90 Å². The molecule has 0 aliphatic heterocycles. The van der Waals surface area contributed by atoms with Gasteiger partial charge in [0, 0.05) is 17.6 Å². The van der Waals surface area contributed by atoms with Crippen LogP contribution in [0.25, 0.3) is 0 Å². The molecule has 0 aliphatic carbocycles. The molecule has 2 aromatic rings. The summed E-state index contributed by atoms with van der Waals surface area (Å²) in [6.45, 7) is 2.48. The van der Waals surface area contributed by atoms with Gasteiger partial charge in [0.2, 0.25) is 0 Å². The number of hydrogen-bond acceptors (Lipinski definition) is 4. The minimum atomic E-state index is -1.03. The van der Waals surface area contributed by atoms with Gasteiger partial charge >= 0.3 is 5.97 Å². The van der Waals surface area contributed by atoms with Gasteiger partial charge in [-0.05, 0) is 31.2 Å². The number of carboxylic acids is 1. The lowest BCUT2D eigenvalue weighted by molar-refractivity contribution is 0.0690. The SMILES string of the molecule is Cc1cccc(CNc2ccnc(C(=O)O)c2)n1. The number of aromatic carboxylic acids is 1. The number of anilines is 1. The molecule has 0 fully saturated rings. The van der Waals surface area contributed by atoms with Gasteiger partial charge in [0.25, 0.3) is 0 Å². The molecule has 0 bridgehead atoms. The lowest BCUT2D eigenvalue weighted by atomic mass is 10.3. The van der Waals surface area contributed by atoms with E-state index >= 15 is 0 Å². The average molecular weight is 243 g/mol. The quantitative estimate of drug-likeness (QED) is 0.860. The van der Waals surface area contributed by atoms with Crippen LogP contribution in [0, 0.1) is 6.92 Å². The van der Waals surface area contributed by atoms with Crippen LogP contribution in [0.3, 0.4) is 0 Å². The van der Waals surface area contributed by atoms with Crippen LogP contribution in [0.2, 0.25) is 0 Å². The summed E-state index contributed by atoms with van der Waals surface area (Å²) in [4.78, 5) is 18.9. The zero-order chi connectivity index (χ0) is 13.0. The molecule has 0 saturated carbocycles. The summed E-state index contributed by atoms with van der Waals surface area (Å²) in [7, 11) is 0. The maximum atomic E-state index is 10.8. The highest BCUT2D eigenvalue weighted by Gasteiger charge is 2.04. The summed E-state index contributed by atoms with van der Waals surface area (Å²) >= 11 is 0. The number of carbonyl (C=O) groups is 1. The van der Waals surface area contributed by atoms with Gasteiger partial charge in [-0.3, -0.25) is 4.98 Å². The van der Waals surface area contributed by atoms with Crippen molar-refractivity contribution in [3.05, 3.63) is 53.6 Å². The van der Waals surface area contributed by atoms with E-state index in [4.69, 9.17) is 5.11 Å². The molecule has 2 rings (SSSR count). The lowest BCUT2D eigenvalue weighted by Crippen LogP contribution is -2.05. The Bertz CT molecular complexity index is 570. The number of aromatic nitrogens is 2. The molecule has 92 valence electrons. The second-order valence-electron chi connectivity index (χ2n) is 3.86. The van der Waals surface area contributed by atoms with Crippen LogP contribution in [-0.2, 0) is 6.54 Å². The first kappa shape index (κ1) is 12.0. The Kier molecular flexibility index (Phi) is 3.52. The van der Waals surface area contributed by atoms with E-state index in [1.807, 2.05) is 25.1 Å². The molecule has 0 spiro atoms. The van der Waals surface area contributed by atoms with E-state index in [0.717, 1.165) is 11.4 Å². The molecular formula is C13H13N3O2. The fourth-order valence-corrected chi connectivity index (χ4v) is 1.55. The predicted octanol–water partition coefficient (Wildman–Crippen LogP) is 2.10. The molecule has 0 radical (unpaired) electrons. The smallest absolute Gasteiger partial charge is 0.354 e. The van der Waals surface area contributed by atoms with Gasteiger partial charge in [0.05, 0.1) is 12.2 Å². The molecule has 0 atom stereocenters. The Labute approximate surface area is 105 Å². The third-order valence-electron chi connectivity index (χ3n) is 2.40. The minimum absolute atomic E-state index is 0.0252. The Morgan fingerprint density at radius 2 is 2.22 bits per heavy atom. The standard InChI is InChI=1S/C13H13N3O2/c1-9-3-2-4-11(16-9)8-15-10-5-6-14-12(7-10)13(17)18/h2-7H,8H2,1H3,(H,14,15)(H,17,18). The Morgan fingerprint density at radius 1 is 1.39 bits per heavy atom. The largest absolute Gasteiger partial charge is 0.477 e. The first-order valence-corrected chi connectivity index (χ1v) is 5.51. The second-order valence-corrected chi connectivity index (χ2v) is 3.86. The minimum Gasteiger partial charge on any atom is -0.477 e. The molecule has 0 amide bonds. The molecular weight excluding hydrogens is 230 g/mol. The highest BCUT2D eigenvalue weighted by atomic mass is 16.4. The van der Waals surface area contributed by atoms with Crippen LogP contribution in [0.4, 0.5) is 5.69 Å². The molecule has 0 unspecified atom stereocenters. The van der Waals surface area contributed by atoms with E-state index in [1.54, 1.807) is 6.07 Å². The normalized spacial score (nSPS) is 10.1. The second kappa shape index (κ2) is 5.27. The van der Waals surface area contributed by atoms with Gasteiger partial charge in [-0.1, -0.05) is 6.07 Å². The summed E-state index contributed by atoms with van der Waals surface area (Å²) in [5, 5.41) is 11.9. The van der Waals surface area contributed by atoms with Crippen molar-refractivity contribution >= 4 is 11.7 Å². The van der Waals surface area contributed by atoms with Gasteiger partial charge in [0.15, 0.2) is 0 Å². The average Bonchev–Trinajstić information content (AvgIpc) is 2.37. The summed E-state index contributed by atoms with van der Waals surface area (Å²) in [5.74, 6) is -1.03. The molecule has 18 heavy (non-hydrogen) atoms. The van der Waals surface area contributed by atoms with Crippen LogP contribution in [0.1, 0.15) is 21.9 Å². The summed E-state index contributed by atoms with van der Waals surface area (Å²) in [5.41, 5.74) is 2.60. The van der Waals surface area contributed by atoms with E-state index in [9.17, 15) is 4.79 Å². The molecule has 5 nitrogen and oxygen atoms in total. The molecule has 0 saturated heterocycles. The Hall–Kier alpha value is -2.43. The third kappa shape index (κ3) is 3.04. The van der Waals surface area contributed by atoms with Gasteiger partial charge in [0.1, 0.15) is 5.69 Å². The van der Waals surface area contributed by atoms with Gasteiger partial charge in [-0.25, -0.2) is 9.78 Å². The molecule has 5 heteroatoms. The fraction of sp³-hybridized carbons (Fsp3) is 0.154. The van der Waals surface area contributed by atoms with Crippen molar-refractivity contribution in [3.8, 4) is 0 Å². The molecule has 2 N–H and O–H groups in total. The summed E-state index contributed by atoms with van der Waals surface area (Å²) in [6.07, 6.45) is 1.47. The Balaban J connectivity index is 2.06. The Morgan fingerprint density at radius 3 is 2.94 bits per heavy atom. The van der Waals surface area contributed by atoms with Crippen molar-refractivity contribution in [2.24, 2.45) is 0 Å². The maximum Gasteiger partial charge on any atom is 0.354 e. The molecule has 0 aromatic carbocycles. The number of nitrogens with zero attached hydrogens (tertiary/aromatic N) is 2. The highest BCUT2D eigenvalue weighted by Crippen LogP contribution is 2.09. The zero-order valence-corrected chi connectivity index (χ0v) is 9.92. The third-order valence-corrected chi connectivity index (χ3v) is 2.40. The van der Waals surface area contributed by atoms with Crippen LogP contribution < -0.4 is 5.32 Å². The van der Waals surface area contributed by atoms with Crippen molar-refractivity contribution in [1.82, 2.24) is 9.97 Å². The molecule has 2 aromatic heterocycles. The number of nitrogens with one attached hydrogen (secondary N) is 1. The topological polar surface area (TPSA) is 75.1 Å². The van der Waals surface area contributed by atoms with Crippen LogP contribution >= 0.6 is 0 Å². The maximum absolute atomic E-state index is 10.8. The zero-order valence-electron chi connectivity index (χ0n) is 9.92. The van der Waals surface area contributed by atoms with E-state index < -0.39 is 5.97 Å². The summed E-state index contributed by atoms with van der Waals surface area (Å²) in [6, 6.07) is 9.01. The highest BCUT2D eigenvalue weighted by molar-refractivity contribution is 5.86. The van der Waals surface area contributed by atoms with Gasteiger partial charge in [-0.15, -0.1) is 0 Å². The van der Waals surface area contributed by atoms with E-state index in [2.05, 4.69) is 15.3 Å². The van der Waals surface area contributed by atoms with Gasteiger partial charge < -0.3 is 10.4 Å². The monoisotopic (exact) mass is 243 g/mol. The van der Waals surface area contributed by atoms with Gasteiger partial charge in [-0.2, -0.15) is 0 Å². The van der Waals surface area contributed by atoms with Crippen molar-refractivity contribution in [2.45, 2.75) is 13.5 Å². The first-order chi connectivity index (χ1) is 8.65. The number of pyridine rings is 2. The van der Waals surface area contributed by atoms with Crippen molar-refractivity contribution in [3.63, 3.8) is 0 Å². The summed E-state index contributed by atoms with van der Waals surface area (Å²) < 4.78 is 0. The van der Waals surface area contributed by atoms with Crippen LogP contribution in [-0.4, -0.2) is 21.0 Å². The number of aryl methyl sites for hydroxylation is 1. The lowest BCUT2D eigenvalue weighted by Gasteiger charge is -2.06. The first-order valence-electron chi connectivity index (χ1n) is 5.51. The molecule has 2 heterocycles. The van der Waals surface area contributed by atoms with Crippen LogP contribution in [0.15, 0.2) is 36.5 Å². The number of rotatable bonds is 4. The van der Waals surface area contributed by atoms with E-state index in [-0.39, 0.29) is 5.69 Å². The fourth-order valence-electron chi connectivity index (χ4n) is 1.55.